The first-order valence-corrected chi connectivity index (χ1v) is 3.10. The van der Waals surface area contributed by atoms with Gasteiger partial charge in [-0.2, -0.15) is 0 Å². The molecule has 0 fully saturated rings. The van der Waals surface area contributed by atoms with Crippen LogP contribution < -0.4 is 0 Å². The quantitative estimate of drug-likeness (QED) is 0.397. The lowest BCUT2D eigenvalue weighted by atomic mass is 10.1. The van der Waals surface area contributed by atoms with Gasteiger partial charge in [-0.1, -0.05) is 0 Å². The zero-order valence-electron chi connectivity index (χ0n) is 6.21. The highest BCUT2D eigenvalue weighted by atomic mass is 19.2. The molecule has 0 unspecified atom stereocenters. The Bertz CT molecular complexity index is 386. The Hall–Kier alpha value is -1.66. The third-order valence-corrected chi connectivity index (χ3v) is 1.41. The largest absolute Gasteiger partial charge is 0.392 e. The highest BCUT2D eigenvalue weighted by molar-refractivity contribution is 5.88. The van der Waals surface area contributed by atoms with Gasteiger partial charge in [-0.25, -0.2) is 31.9 Å². The molecule has 0 atom stereocenters. The fourth-order valence-corrected chi connectivity index (χ4v) is 0.784. The number of halogens is 5. The molecule has 7 heteroatoms. The van der Waals surface area contributed by atoms with Gasteiger partial charge >= 0.3 is 5.97 Å². The van der Waals surface area contributed by atoms with E-state index >= 15 is 0 Å². The number of hydrogen-bond donors (Lipinski definition) is 0. The van der Waals surface area contributed by atoms with Crippen LogP contribution in [-0.2, 0) is 5.11 Å². The van der Waals surface area contributed by atoms with Crippen LogP contribution >= 0.6 is 0 Å². The Morgan fingerprint density at radius 1 is 0.714 bits per heavy atom. The van der Waals surface area contributed by atoms with Gasteiger partial charge in [-0.05, 0) is 0 Å². The molecule has 75 valence electrons. The lowest BCUT2D eigenvalue weighted by Gasteiger charge is -2.02. The number of carbonyl (C=O) groups is 1. The second-order valence-electron chi connectivity index (χ2n) is 2.23. The van der Waals surface area contributed by atoms with Crippen LogP contribution in [-0.4, -0.2) is 5.97 Å². The van der Waals surface area contributed by atoms with Crippen LogP contribution in [0.15, 0.2) is 0 Å². The lowest BCUT2D eigenvalue weighted by Crippen LogP contribution is -2.11. The van der Waals surface area contributed by atoms with Gasteiger partial charge in [0.1, 0.15) is 5.56 Å². The van der Waals surface area contributed by atoms with E-state index in [0.29, 0.717) is 0 Å². The van der Waals surface area contributed by atoms with Gasteiger partial charge in [0.25, 0.3) is 0 Å². The SMILES string of the molecule is [O]C(=O)c1c(F)c(F)c(F)c(F)c1F. The summed E-state index contributed by atoms with van der Waals surface area (Å²) in [7, 11) is 0. The molecule has 1 aromatic rings. The van der Waals surface area contributed by atoms with E-state index in [1.54, 1.807) is 0 Å². The van der Waals surface area contributed by atoms with Crippen LogP contribution in [0.4, 0.5) is 22.0 Å². The van der Waals surface area contributed by atoms with E-state index in [4.69, 9.17) is 0 Å². The molecule has 0 saturated heterocycles. The summed E-state index contributed by atoms with van der Waals surface area (Å²) in [6, 6.07) is 0. The second-order valence-corrected chi connectivity index (χ2v) is 2.23. The van der Waals surface area contributed by atoms with Crippen molar-refractivity contribution in [3.63, 3.8) is 0 Å². The van der Waals surface area contributed by atoms with E-state index in [1.165, 1.54) is 0 Å². The third kappa shape index (κ3) is 1.30. The predicted octanol–water partition coefficient (Wildman–Crippen LogP) is 1.95. The Balaban J connectivity index is 3.68. The van der Waals surface area contributed by atoms with Gasteiger partial charge < -0.3 is 0 Å². The van der Waals surface area contributed by atoms with E-state index in [9.17, 15) is 31.9 Å². The van der Waals surface area contributed by atoms with Crippen molar-refractivity contribution >= 4 is 5.97 Å². The number of benzene rings is 1. The maximum atomic E-state index is 12.5. The van der Waals surface area contributed by atoms with Gasteiger partial charge in [-0.3, -0.25) is 0 Å². The van der Waals surface area contributed by atoms with Crippen LogP contribution in [0.25, 0.3) is 0 Å². The van der Waals surface area contributed by atoms with Crippen molar-refractivity contribution < 1.29 is 31.9 Å². The summed E-state index contributed by atoms with van der Waals surface area (Å²) in [6.45, 7) is 0. The van der Waals surface area contributed by atoms with Crippen molar-refractivity contribution in [1.82, 2.24) is 0 Å². The average molecular weight is 211 g/mol. The first kappa shape index (κ1) is 10.4. The molecule has 0 heterocycles. The Morgan fingerprint density at radius 3 is 1.29 bits per heavy atom. The van der Waals surface area contributed by atoms with Crippen LogP contribution in [0.1, 0.15) is 10.4 Å². The van der Waals surface area contributed by atoms with Crippen molar-refractivity contribution in [2.45, 2.75) is 0 Å². The summed E-state index contributed by atoms with van der Waals surface area (Å²) in [5.41, 5.74) is -1.97. The molecular formula is C7F5O2. The summed E-state index contributed by atoms with van der Waals surface area (Å²) in [6.07, 6.45) is 0. The lowest BCUT2D eigenvalue weighted by molar-refractivity contribution is 0.0558. The van der Waals surface area contributed by atoms with Crippen molar-refractivity contribution in [3.8, 4) is 0 Å². The van der Waals surface area contributed by atoms with E-state index in [-0.39, 0.29) is 0 Å². The van der Waals surface area contributed by atoms with E-state index in [2.05, 4.69) is 0 Å². The standard InChI is InChI=1S/C7F5O2/c8-2-1(7(13)14)3(9)5(11)6(12)4(2)10. The fourth-order valence-electron chi connectivity index (χ4n) is 0.784. The monoisotopic (exact) mass is 211 g/mol. The maximum absolute atomic E-state index is 12.5. The van der Waals surface area contributed by atoms with Gasteiger partial charge in [0.05, 0.1) is 0 Å². The summed E-state index contributed by atoms with van der Waals surface area (Å²) in [4.78, 5) is 10.0. The minimum absolute atomic E-state index is 1.97. The molecule has 0 spiro atoms. The average Bonchev–Trinajstić information content (AvgIpc) is 2.11. The van der Waals surface area contributed by atoms with Crippen molar-refractivity contribution in [1.29, 1.82) is 0 Å². The molecule has 2 nitrogen and oxygen atoms in total. The summed E-state index contributed by atoms with van der Waals surface area (Å²) in [5.74, 6) is -14.4. The van der Waals surface area contributed by atoms with E-state index < -0.39 is 40.6 Å². The highest BCUT2D eigenvalue weighted by Gasteiger charge is 2.30. The molecule has 14 heavy (non-hydrogen) atoms. The molecule has 0 aliphatic rings. The molecule has 1 radical (unpaired) electrons. The molecule has 0 bridgehead atoms. The van der Waals surface area contributed by atoms with Gasteiger partial charge in [0.2, 0.25) is 5.82 Å². The van der Waals surface area contributed by atoms with Gasteiger partial charge in [-0.15, -0.1) is 0 Å². The van der Waals surface area contributed by atoms with Gasteiger partial charge in [0.15, 0.2) is 23.3 Å². The smallest absolute Gasteiger partial charge is 0.241 e. The summed E-state index contributed by atoms with van der Waals surface area (Å²) in [5, 5.41) is 10.0. The molecule has 0 amide bonds. The van der Waals surface area contributed by atoms with E-state index in [1.807, 2.05) is 0 Å². The minimum atomic E-state index is -2.47. The Morgan fingerprint density at radius 2 is 1.00 bits per heavy atom. The van der Waals surface area contributed by atoms with Crippen LogP contribution in [0.5, 0.6) is 0 Å². The summed E-state index contributed by atoms with van der Waals surface area (Å²) < 4.78 is 62.0. The van der Waals surface area contributed by atoms with Crippen LogP contribution in [0.2, 0.25) is 0 Å². The fraction of sp³-hybridized carbons (Fsp3) is 0. The van der Waals surface area contributed by atoms with Gasteiger partial charge in [0, 0.05) is 0 Å². The summed E-state index contributed by atoms with van der Waals surface area (Å²) >= 11 is 0. The zero-order valence-corrected chi connectivity index (χ0v) is 6.21. The van der Waals surface area contributed by atoms with Crippen molar-refractivity contribution in [3.05, 3.63) is 34.6 Å². The zero-order chi connectivity index (χ0) is 11.0. The Kier molecular flexibility index (Phi) is 2.41. The molecule has 0 aromatic heterocycles. The normalized spacial score (nSPS) is 10.4. The van der Waals surface area contributed by atoms with Crippen molar-refractivity contribution in [2.75, 3.05) is 0 Å². The molecular weight excluding hydrogens is 211 g/mol. The minimum Gasteiger partial charge on any atom is -0.241 e. The van der Waals surface area contributed by atoms with Crippen LogP contribution in [0.3, 0.4) is 0 Å². The van der Waals surface area contributed by atoms with E-state index in [0.717, 1.165) is 0 Å². The number of carbonyl (C=O) groups excluding carboxylic acids is 1. The molecule has 0 aliphatic carbocycles. The predicted molar refractivity (Wildman–Crippen MR) is 31.2 cm³/mol. The molecule has 0 N–H and O–H groups in total. The molecule has 0 aliphatic heterocycles. The van der Waals surface area contributed by atoms with Crippen molar-refractivity contribution in [2.24, 2.45) is 0 Å². The highest BCUT2D eigenvalue weighted by Crippen LogP contribution is 2.22. The maximum Gasteiger partial charge on any atom is 0.392 e. The molecule has 1 aromatic carbocycles. The second kappa shape index (κ2) is 3.24. The number of rotatable bonds is 1. The topological polar surface area (TPSA) is 37.0 Å². The number of hydrogen-bond acceptors (Lipinski definition) is 1. The first-order valence-electron chi connectivity index (χ1n) is 3.10. The molecule has 1 rings (SSSR count). The molecule has 0 saturated carbocycles. The Labute approximate surface area is 73.6 Å². The van der Waals surface area contributed by atoms with Crippen LogP contribution in [0, 0.1) is 29.1 Å². The third-order valence-electron chi connectivity index (χ3n) is 1.41. The first-order chi connectivity index (χ1) is 6.37.